The van der Waals surface area contributed by atoms with Gasteiger partial charge in [0.25, 0.3) is 10.0 Å². The molecule has 3 heterocycles. The summed E-state index contributed by atoms with van der Waals surface area (Å²) in [5.41, 5.74) is 0. The molecule has 0 bridgehead atoms. The highest BCUT2D eigenvalue weighted by molar-refractivity contribution is 7.91. The molecule has 1 aromatic heterocycles. The van der Waals surface area contributed by atoms with Crippen LogP contribution in [0.1, 0.15) is 12.8 Å². The van der Waals surface area contributed by atoms with Crippen LogP contribution in [0.4, 0.5) is 0 Å². The van der Waals surface area contributed by atoms with E-state index < -0.39 is 10.0 Å². The zero-order valence-electron chi connectivity index (χ0n) is 12.6. The molecule has 128 valence electrons. The standard InChI is InChI=1S/C15H15ClN2O4S2/c16-12-5-6-13(23-12)24(21,22)17-7-9(8-17)18-14(19)10-3-1-2-4-11(10)15(18)20/h1-2,5-6,9-11H,3-4,7-8H2. The fourth-order valence-corrected chi connectivity index (χ4v) is 6.68. The molecule has 2 fully saturated rings. The quantitative estimate of drug-likeness (QED) is 0.585. The SMILES string of the molecule is O=C1C2CC=CCC2C(=O)N1C1CN(S(=O)(=O)c2ccc(Cl)s2)C1. The largest absolute Gasteiger partial charge is 0.276 e. The van der Waals surface area contributed by atoms with Crippen molar-refractivity contribution in [2.45, 2.75) is 23.1 Å². The van der Waals surface area contributed by atoms with Gasteiger partial charge in [-0.3, -0.25) is 14.5 Å². The molecule has 2 unspecified atom stereocenters. The number of fused-ring (bicyclic) bond motifs is 1. The summed E-state index contributed by atoms with van der Waals surface area (Å²) < 4.78 is 26.8. The number of rotatable bonds is 3. The number of amides is 2. The van der Waals surface area contributed by atoms with E-state index in [1.54, 1.807) is 6.07 Å². The van der Waals surface area contributed by atoms with Crippen molar-refractivity contribution in [3.63, 3.8) is 0 Å². The number of nitrogens with zero attached hydrogens (tertiary/aromatic N) is 2. The molecule has 9 heteroatoms. The number of carbonyl (C=O) groups excluding carboxylic acids is 2. The van der Waals surface area contributed by atoms with Crippen molar-refractivity contribution in [3.05, 3.63) is 28.6 Å². The van der Waals surface area contributed by atoms with Crippen molar-refractivity contribution in [1.29, 1.82) is 0 Å². The first kappa shape index (κ1) is 16.3. The van der Waals surface area contributed by atoms with Crippen LogP contribution in [0.15, 0.2) is 28.5 Å². The van der Waals surface area contributed by atoms with Crippen molar-refractivity contribution < 1.29 is 18.0 Å². The van der Waals surface area contributed by atoms with Gasteiger partial charge in [0, 0.05) is 13.1 Å². The van der Waals surface area contributed by atoms with Gasteiger partial charge >= 0.3 is 0 Å². The van der Waals surface area contributed by atoms with Gasteiger partial charge in [-0.2, -0.15) is 4.31 Å². The van der Waals surface area contributed by atoms with Gasteiger partial charge in [-0.25, -0.2) is 8.42 Å². The lowest BCUT2D eigenvalue weighted by Gasteiger charge is -2.41. The Kier molecular flexibility index (Phi) is 3.83. The van der Waals surface area contributed by atoms with Crippen LogP contribution in [0.2, 0.25) is 4.34 Å². The van der Waals surface area contributed by atoms with Crippen LogP contribution in [-0.2, 0) is 19.6 Å². The molecule has 0 saturated carbocycles. The van der Waals surface area contributed by atoms with Gasteiger partial charge in [0.05, 0.1) is 22.2 Å². The summed E-state index contributed by atoms with van der Waals surface area (Å²) in [6.45, 7) is 0.310. The van der Waals surface area contributed by atoms with Crippen LogP contribution in [-0.4, -0.2) is 48.6 Å². The Bertz CT molecular complexity index is 815. The second kappa shape index (κ2) is 5.66. The Morgan fingerprint density at radius 3 is 2.12 bits per heavy atom. The Labute approximate surface area is 148 Å². The lowest BCUT2D eigenvalue weighted by atomic mass is 9.85. The monoisotopic (exact) mass is 386 g/mol. The van der Waals surface area contributed by atoms with Crippen molar-refractivity contribution in [2.24, 2.45) is 11.8 Å². The topological polar surface area (TPSA) is 74.8 Å². The van der Waals surface area contributed by atoms with Crippen LogP contribution in [0.3, 0.4) is 0 Å². The van der Waals surface area contributed by atoms with Crippen LogP contribution in [0.5, 0.6) is 0 Å². The van der Waals surface area contributed by atoms with E-state index >= 15 is 0 Å². The highest BCUT2D eigenvalue weighted by atomic mass is 35.5. The number of carbonyl (C=O) groups is 2. The maximum atomic E-state index is 12.5. The zero-order valence-corrected chi connectivity index (χ0v) is 15.0. The second-order valence-electron chi connectivity index (χ2n) is 6.24. The minimum Gasteiger partial charge on any atom is -0.276 e. The average molecular weight is 387 g/mol. The van der Waals surface area contributed by atoms with E-state index in [0.717, 1.165) is 11.3 Å². The van der Waals surface area contributed by atoms with E-state index in [1.807, 2.05) is 12.2 Å². The fraction of sp³-hybridized carbons (Fsp3) is 0.467. The van der Waals surface area contributed by atoms with E-state index in [1.165, 1.54) is 15.3 Å². The van der Waals surface area contributed by atoms with Crippen molar-refractivity contribution in [2.75, 3.05) is 13.1 Å². The third-order valence-electron chi connectivity index (χ3n) is 4.88. The molecule has 0 aromatic carbocycles. The van der Waals surface area contributed by atoms with Crippen LogP contribution in [0.25, 0.3) is 0 Å². The number of likely N-dealkylation sites (tertiary alicyclic amines) is 1. The van der Waals surface area contributed by atoms with E-state index in [9.17, 15) is 18.0 Å². The summed E-state index contributed by atoms with van der Waals surface area (Å²) in [6, 6.07) is 2.66. The van der Waals surface area contributed by atoms with Crippen molar-refractivity contribution in [1.82, 2.24) is 9.21 Å². The molecule has 2 amide bonds. The Morgan fingerprint density at radius 1 is 1.04 bits per heavy atom. The highest BCUT2D eigenvalue weighted by Crippen LogP contribution is 2.38. The number of allylic oxidation sites excluding steroid dienone is 2. The summed E-state index contributed by atoms with van der Waals surface area (Å²) in [6.07, 6.45) is 5.06. The second-order valence-corrected chi connectivity index (χ2v) is 10.1. The molecule has 2 atom stereocenters. The lowest BCUT2D eigenvalue weighted by molar-refractivity contribution is -0.145. The first-order valence-electron chi connectivity index (χ1n) is 7.67. The molecular weight excluding hydrogens is 372 g/mol. The Balaban J connectivity index is 1.48. The highest BCUT2D eigenvalue weighted by Gasteiger charge is 2.53. The molecule has 2 aliphatic heterocycles. The smallest absolute Gasteiger partial charge is 0.252 e. The van der Waals surface area contributed by atoms with Crippen molar-refractivity contribution in [3.8, 4) is 0 Å². The molecule has 1 aromatic rings. The zero-order chi connectivity index (χ0) is 17.1. The van der Waals surface area contributed by atoms with Gasteiger partial charge in [0.1, 0.15) is 4.21 Å². The Hall–Kier alpha value is -1.22. The summed E-state index contributed by atoms with van der Waals surface area (Å²) in [4.78, 5) is 26.3. The number of imide groups is 1. The summed E-state index contributed by atoms with van der Waals surface area (Å²) in [5, 5.41) is 0. The first-order chi connectivity index (χ1) is 11.4. The van der Waals surface area contributed by atoms with Gasteiger partial charge in [0.2, 0.25) is 11.8 Å². The molecule has 1 aliphatic carbocycles. The van der Waals surface area contributed by atoms with Gasteiger partial charge in [-0.1, -0.05) is 23.8 Å². The van der Waals surface area contributed by atoms with E-state index in [0.29, 0.717) is 17.2 Å². The predicted octanol–water partition coefficient (Wildman–Crippen LogP) is 1.73. The van der Waals surface area contributed by atoms with Crippen LogP contribution < -0.4 is 0 Å². The Morgan fingerprint density at radius 2 is 1.62 bits per heavy atom. The average Bonchev–Trinajstić information content (AvgIpc) is 3.04. The predicted molar refractivity (Wildman–Crippen MR) is 89.1 cm³/mol. The number of sulfonamides is 1. The van der Waals surface area contributed by atoms with Crippen LogP contribution in [0, 0.1) is 11.8 Å². The summed E-state index contributed by atoms with van der Waals surface area (Å²) >= 11 is 6.81. The first-order valence-corrected chi connectivity index (χ1v) is 10.3. The van der Waals surface area contributed by atoms with E-state index in [4.69, 9.17) is 11.6 Å². The number of hydrogen-bond donors (Lipinski definition) is 0. The minimum atomic E-state index is -3.60. The molecule has 4 rings (SSSR count). The van der Waals surface area contributed by atoms with E-state index in [2.05, 4.69) is 0 Å². The van der Waals surface area contributed by atoms with Gasteiger partial charge in [-0.05, 0) is 25.0 Å². The molecule has 24 heavy (non-hydrogen) atoms. The summed E-state index contributed by atoms with van der Waals surface area (Å²) in [7, 11) is -3.60. The maximum Gasteiger partial charge on any atom is 0.252 e. The lowest BCUT2D eigenvalue weighted by Crippen LogP contribution is -2.62. The fourth-order valence-electron chi connectivity index (χ4n) is 3.53. The normalized spacial score (nSPS) is 28.3. The number of hydrogen-bond acceptors (Lipinski definition) is 5. The molecule has 0 N–H and O–H groups in total. The molecule has 0 radical (unpaired) electrons. The molecule has 0 spiro atoms. The molecule has 3 aliphatic rings. The third kappa shape index (κ3) is 2.35. The van der Waals surface area contributed by atoms with Crippen LogP contribution >= 0.6 is 22.9 Å². The van der Waals surface area contributed by atoms with Gasteiger partial charge in [0.15, 0.2) is 0 Å². The van der Waals surface area contributed by atoms with Crippen molar-refractivity contribution >= 4 is 44.8 Å². The number of thiophene rings is 1. The maximum absolute atomic E-state index is 12.5. The number of halogens is 1. The minimum absolute atomic E-state index is 0.155. The van der Waals surface area contributed by atoms with Gasteiger partial charge < -0.3 is 0 Å². The summed E-state index contributed by atoms with van der Waals surface area (Å²) in [5.74, 6) is -0.861. The molecular formula is C15H15ClN2O4S2. The third-order valence-corrected chi connectivity index (χ3v) is 8.41. The van der Waals surface area contributed by atoms with E-state index in [-0.39, 0.29) is 47.0 Å². The van der Waals surface area contributed by atoms with Gasteiger partial charge in [-0.15, -0.1) is 11.3 Å². The molecule has 6 nitrogen and oxygen atoms in total. The molecule has 2 saturated heterocycles.